The Morgan fingerprint density at radius 1 is 1.27 bits per heavy atom. The highest BCUT2D eigenvalue weighted by Crippen LogP contribution is 2.48. The van der Waals surface area contributed by atoms with Crippen molar-refractivity contribution in [1.29, 1.82) is 0 Å². The van der Waals surface area contributed by atoms with Crippen LogP contribution in [0, 0.1) is 5.82 Å². The van der Waals surface area contributed by atoms with Gasteiger partial charge < -0.3 is 14.8 Å². The molecule has 5 rings (SSSR count). The number of aryl methyl sites for hydroxylation is 1. The number of morpholine rings is 1. The third-order valence-corrected chi connectivity index (χ3v) is 6.43. The molecule has 1 unspecified atom stereocenters. The van der Waals surface area contributed by atoms with Crippen LogP contribution in [0.3, 0.4) is 0 Å². The van der Waals surface area contributed by atoms with Crippen molar-refractivity contribution in [2.24, 2.45) is 4.99 Å². The number of pyridine rings is 1. The van der Waals surface area contributed by atoms with Crippen LogP contribution in [0.2, 0.25) is 0 Å². The van der Waals surface area contributed by atoms with Crippen molar-refractivity contribution >= 4 is 11.8 Å². The van der Waals surface area contributed by atoms with E-state index in [9.17, 15) is 9.18 Å². The first-order valence-electron chi connectivity index (χ1n) is 11.4. The minimum Gasteiger partial charge on any atom is -0.463 e. The van der Waals surface area contributed by atoms with E-state index in [2.05, 4.69) is 15.2 Å². The second kappa shape index (κ2) is 9.03. The Morgan fingerprint density at radius 2 is 2.12 bits per heavy atom. The summed E-state index contributed by atoms with van der Waals surface area (Å²) in [5, 5.41) is 3.41. The van der Waals surface area contributed by atoms with E-state index in [1.165, 1.54) is 6.07 Å². The number of aliphatic imine (C=N–C) groups is 1. The number of hydrogen-bond acceptors (Lipinski definition) is 7. The molecule has 1 aromatic carbocycles. The number of hydrogen-bond donors (Lipinski definition) is 1. The Balaban J connectivity index is 1.68. The molecule has 2 aromatic rings. The minimum atomic E-state index is -0.949. The topological polar surface area (TPSA) is 76.0 Å². The summed E-state index contributed by atoms with van der Waals surface area (Å²) in [5.41, 5.74) is 2.71. The van der Waals surface area contributed by atoms with Crippen molar-refractivity contribution in [2.45, 2.75) is 25.3 Å². The van der Waals surface area contributed by atoms with Crippen LogP contribution < -0.4 is 5.32 Å². The van der Waals surface area contributed by atoms with Crippen molar-refractivity contribution in [1.82, 2.24) is 15.2 Å². The molecule has 172 valence electrons. The molecule has 1 aliphatic carbocycles. The Morgan fingerprint density at radius 3 is 2.88 bits per heavy atom. The molecule has 1 fully saturated rings. The molecule has 1 N–H and O–H groups in total. The quantitative estimate of drug-likeness (QED) is 0.706. The van der Waals surface area contributed by atoms with Gasteiger partial charge in [-0.05, 0) is 55.2 Å². The number of nitrogens with one attached hydrogen (secondary N) is 1. The zero-order valence-corrected chi connectivity index (χ0v) is 18.6. The lowest BCUT2D eigenvalue weighted by molar-refractivity contribution is -0.139. The van der Waals surface area contributed by atoms with Crippen molar-refractivity contribution in [3.05, 3.63) is 76.5 Å². The molecular weight excluding hydrogens is 423 g/mol. The molecule has 3 heterocycles. The second-order valence-corrected chi connectivity index (χ2v) is 8.42. The van der Waals surface area contributed by atoms with E-state index in [1.54, 1.807) is 25.3 Å². The van der Waals surface area contributed by atoms with Crippen LogP contribution >= 0.6 is 0 Å². The van der Waals surface area contributed by atoms with E-state index in [0.717, 1.165) is 29.9 Å². The highest BCUT2D eigenvalue weighted by Gasteiger charge is 2.49. The molecule has 0 radical (unpaired) electrons. The Kier molecular flexibility index (Phi) is 5.95. The Hall–Kier alpha value is -3.10. The fourth-order valence-electron chi connectivity index (χ4n) is 4.95. The molecule has 0 bridgehead atoms. The smallest absolute Gasteiger partial charge is 0.338 e. The lowest BCUT2D eigenvalue weighted by Crippen LogP contribution is -2.47. The van der Waals surface area contributed by atoms with Gasteiger partial charge >= 0.3 is 5.97 Å². The third kappa shape index (κ3) is 4.05. The number of ether oxygens (including phenoxy) is 2. The zero-order valence-electron chi connectivity index (χ0n) is 18.6. The normalized spacial score (nSPS) is 22.7. The van der Waals surface area contributed by atoms with Crippen LogP contribution in [0.25, 0.3) is 0 Å². The fraction of sp³-hybridized carbons (Fsp3) is 0.400. The second-order valence-electron chi connectivity index (χ2n) is 8.42. The van der Waals surface area contributed by atoms with E-state index in [4.69, 9.17) is 14.5 Å². The number of fused-ring (bicyclic) bond motifs is 2. The van der Waals surface area contributed by atoms with Gasteiger partial charge in [-0.25, -0.2) is 14.2 Å². The van der Waals surface area contributed by atoms with Gasteiger partial charge in [-0.3, -0.25) is 9.88 Å². The van der Waals surface area contributed by atoms with Gasteiger partial charge in [0.05, 0.1) is 25.4 Å². The number of nitrogens with zero attached hydrogens (tertiary/aromatic N) is 3. The van der Waals surface area contributed by atoms with Gasteiger partial charge in [0.15, 0.2) is 5.84 Å². The summed E-state index contributed by atoms with van der Waals surface area (Å²) in [6, 6.07) is 10.4. The summed E-state index contributed by atoms with van der Waals surface area (Å²) in [6.07, 6.45) is 2.90. The standard InChI is InChI=1S/C25H27FN4O3/c1-2-33-24(31)22-21(16-30-11-13-32-14-12-30)28-23(20-5-3-4-10-27-20)29-25(22)9-8-17-15-18(26)6-7-19(17)25/h3-7,10,15H,2,8-9,11-14,16H2,1H3,(H,28,29). The molecule has 3 aliphatic rings. The van der Waals surface area contributed by atoms with Gasteiger partial charge in [0.25, 0.3) is 0 Å². The number of amidine groups is 1. The molecule has 2 aliphatic heterocycles. The van der Waals surface area contributed by atoms with Crippen molar-refractivity contribution < 1.29 is 18.7 Å². The molecule has 7 nitrogen and oxygen atoms in total. The highest BCUT2D eigenvalue weighted by atomic mass is 19.1. The lowest BCUT2D eigenvalue weighted by Gasteiger charge is -2.37. The van der Waals surface area contributed by atoms with Gasteiger partial charge in [0, 0.05) is 31.5 Å². The molecule has 1 saturated heterocycles. The Labute approximate surface area is 192 Å². The molecular formula is C25H27FN4O3. The number of rotatable bonds is 5. The number of esters is 1. The maximum absolute atomic E-state index is 14.0. The minimum absolute atomic E-state index is 0.260. The van der Waals surface area contributed by atoms with Crippen LogP contribution in [0.15, 0.2) is 58.9 Å². The average molecular weight is 451 g/mol. The van der Waals surface area contributed by atoms with E-state index in [-0.39, 0.29) is 12.4 Å². The average Bonchev–Trinajstić information content (AvgIpc) is 3.17. The summed E-state index contributed by atoms with van der Waals surface area (Å²) in [5.74, 6) is -0.0813. The van der Waals surface area contributed by atoms with E-state index >= 15 is 0 Å². The van der Waals surface area contributed by atoms with E-state index in [1.807, 2.05) is 18.2 Å². The SMILES string of the molecule is CCOC(=O)C1=C(CN2CCOCC2)NC(c2ccccn2)=NC12CCc1cc(F)ccc12. The highest BCUT2D eigenvalue weighted by molar-refractivity contribution is 6.03. The largest absolute Gasteiger partial charge is 0.463 e. The zero-order chi connectivity index (χ0) is 22.8. The number of aromatic nitrogens is 1. The monoisotopic (exact) mass is 450 g/mol. The van der Waals surface area contributed by atoms with Crippen molar-refractivity contribution in [3.63, 3.8) is 0 Å². The van der Waals surface area contributed by atoms with Crippen LogP contribution in [-0.2, 0) is 26.2 Å². The van der Waals surface area contributed by atoms with Crippen LogP contribution in [-0.4, -0.2) is 61.1 Å². The first-order valence-corrected chi connectivity index (χ1v) is 11.4. The van der Waals surface area contributed by atoms with Crippen molar-refractivity contribution in [2.75, 3.05) is 39.5 Å². The maximum Gasteiger partial charge on any atom is 0.338 e. The summed E-state index contributed by atoms with van der Waals surface area (Å²) >= 11 is 0. The summed E-state index contributed by atoms with van der Waals surface area (Å²) < 4.78 is 25.1. The molecule has 0 saturated carbocycles. The van der Waals surface area contributed by atoms with Crippen LogP contribution in [0.5, 0.6) is 0 Å². The Bertz CT molecular complexity index is 1110. The van der Waals surface area contributed by atoms with Gasteiger partial charge in [-0.15, -0.1) is 0 Å². The maximum atomic E-state index is 14.0. The molecule has 33 heavy (non-hydrogen) atoms. The van der Waals surface area contributed by atoms with Crippen molar-refractivity contribution in [3.8, 4) is 0 Å². The summed E-state index contributed by atoms with van der Waals surface area (Å²) in [6.45, 7) is 5.42. The van der Waals surface area contributed by atoms with Gasteiger partial charge in [0.2, 0.25) is 0 Å². The molecule has 1 spiro atoms. The van der Waals surface area contributed by atoms with Gasteiger partial charge in [-0.2, -0.15) is 0 Å². The van der Waals surface area contributed by atoms with Crippen LogP contribution in [0.1, 0.15) is 30.2 Å². The van der Waals surface area contributed by atoms with E-state index in [0.29, 0.717) is 49.7 Å². The number of carbonyl (C=O) groups excluding carboxylic acids is 1. The first kappa shape index (κ1) is 21.7. The predicted molar refractivity (Wildman–Crippen MR) is 121 cm³/mol. The number of benzene rings is 1. The summed E-state index contributed by atoms with van der Waals surface area (Å²) in [4.78, 5) is 25.2. The van der Waals surface area contributed by atoms with Gasteiger partial charge in [0.1, 0.15) is 17.1 Å². The third-order valence-electron chi connectivity index (χ3n) is 6.43. The van der Waals surface area contributed by atoms with Gasteiger partial charge in [-0.1, -0.05) is 12.1 Å². The first-order chi connectivity index (χ1) is 16.1. The summed E-state index contributed by atoms with van der Waals surface area (Å²) in [7, 11) is 0. The molecule has 8 heteroatoms. The molecule has 1 atom stereocenters. The predicted octanol–water partition coefficient (Wildman–Crippen LogP) is 2.56. The number of carbonyl (C=O) groups is 1. The van der Waals surface area contributed by atoms with E-state index < -0.39 is 11.5 Å². The van der Waals surface area contributed by atoms with Crippen LogP contribution in [0.4, 0.5) is 4.39 Å². The molecule has 1 aromatic heterocycles. The molecule has 0 amide bonds. The fourth-order valence-corrected chi connectivity index (χ4v) is 4.95. The lowest BCUT2D eigenvalue weighted by atomic mass is 9.81. The number of halogens is 1.